The largest absolute Gasteiger partial charge is 0.466 e. The van der Waals surface area contributed by atoms with Crippen LogP contribution in [0.1, 0.15) is 399 Å². The highest BCUT2D eigenvalue weighted by Crippen LogP contribution is 2.19. The number of allylic oxidation sites excluding steroid dienone is 2. The van der Waals surface area contributed by atoms with Crippen LogP contribution in [0.2, 0.25) is 0 Å². The third kappa shape index (κ3) is 61.8. The summed E-state index contributed by atoms with van der Waals surface area (Å²) in [4.78, 5) is 24.6. The maximum absolute atomic E-state index is 12.5. The van der Waals surface area contributed by atoms with E-state index in [1.807, 2.05) is 0 Å². The fraction of sp³-hybridized carbons (Fsp3) is 0.943. The number of aliphatic hydroxyl groups is 2. The molecule has 0 fully saturated rings. The van der Waals surface area contributed by atoms with Gasteiger partial charge in [0.1, 0.15) is 0 Å². The zero-order valence-electron chi connectivity index (χ0n) is 51.8. The number of nitrogens with one attached hydrogen (secondary N) is 1. The molecule has 3 N–H and O–H groups in total. The summed E-state index contributed by atoms with van der Waals surface area (Å²) in [5.74, 6) is -0.0210. The average molecular weight is 1070 g/mol. The molecule has 0 aliphatic carbocycles. The zero-order valence-corrected chi connectivity index (χ0v) is 51.8. The molecular formula is C70H137NO5. The molecule has 0 rings (SSSR count). The monoisotopic (exact) mass is 1070 g/mol. The minimum absolute atomic E-state index is 0.0156. The summed E-state index contributed by atoms with van der Waals surface area (Å²) in [6.07, 6.45) is 81.1. The van der Waals surface area contributed by atoms with Gasteiger partial charge in [-0.15, -0.1) is 0 Å². The molecule has 0 aromatic carbocycles. The van der Waals surface area contributed by atoms with Crippen molar-refractivity contribution in [2.45, 2.75) is 411 Å². The Morgan fingerprint density at radius 3 is 0.934 bits per heavy atom. The van der Waals surface area contributed by atoms with Crippen molar-refractivity contribution in [2.75, 3.05) is 13.2 Å². The number of hydrogen-bond acceptors (Lipinski definition) is 5. The Balaban J connectivity index is 3.40. The quantitative estimate of drug-likeness (QED) is 0.0320. The Kier molecular flexibility index (Phi) is 64.9. The van der Waals surface area contributed by atoms with Crippen molar-refractivity contribution in [1.29, 1.82) is 0 Å². The number of carbonyl (C=O) groups is 2. The molecule has 0 saturated heterocycles. The van der Waals surface area contributed by atoms with E-state index in [-0.39, 0.29) is 18.5 Å². The van der Waals surface area contributed by atoms with Crippen LogP contribution >= 0.6 is 0 Å². The van der Waals surface area contributed by atoms with Gasteiger partial charge in [0.2, 0.25) is 5.91 Å². The number of amides is 1. The molecule has 0 aliphatic rings. The van der Waals surface area contributed by atoms with E-state index in [1.54, 1.807) is 0 Å². The van der Waals surface area contributed by atoms with Crippen molar-refractivity contribution in [1.82, 2.24) is 5.32 Å². The van der Waals surface area contributed by atoms with E-state index >= 15 is 0 Å². The molecule has 0 aromatic heterocycles. The van der Waals surface area contributed by atoms with Crippen molar-refractivity contribution in [2.24, 2.45) is 0 Å². The van der Waals surface area contributed by atoms with Gasteiger partial charge in [-0.3, -0.25) is 9.59 Å². The van der Waals surface area contributed by atoms with Crippen LogP contribution in [-0.4, -0.2) is 47.4 Å². The molecule has 0 aliphatic heterocycles. The van der Waals surface area contributed by atoms with Crippen molar-refractivity contribution >= 4 is 11.9 Å². The molecule has 0 saturated carbocycles. The number of rotatable bonds is 66. The molecule has 0 bridgehead atoms. The average Bonchev–Trinajstić information content (AvgIpc) is 3.42. The summed E-state index contributed by atoms with van der Waals surface area (Å²) in [6, 6.07) is -0.546. The number of hydrogen-bond donors (Lipinski definition) is 3. The molecule has 0 aromatic rings. The van der Waals surface area contributed by atoms with E-state index in [9.17, 15) is 19.8 Å². The van der Waals surface area contributed by atoms with Gasteiger partial charge in [-0.25, -0.2) is 0 Å². The fourth-order valence-electron chi connectivity index (χ4n) is 11.2. The first kappa shape index (κ1) is 74.6. The van der Waals surface area contributed by atoms with Crippen molar-refractivity contribution in [3.05, 3.63) is 12.2 Å². The second-order valence-electron chi connectivity index (χ2n) is 24.2. The lowest BCUT2D eigenvalue weighted by atomic mass is 10.0. The zero-order chi connectivity index (χ0) is 55.0. The van der Waals surface area contributed by atoms with Gasteiger partial charge in [-0.05, 0) is 51.4 Å². The Hall–Kier alpha value is -1.40. The van der Waals surface area contributed by atoms with Crippen LogP contribution in [0.25, 0.3) is 0 Å². The van der Waals surface area contributed by atoms with Crippen LogP contribution in [0.5, 0.6) is 0 Å². The summed E-state index contributed by atoms with van der Waals surface area (Å²) in [5, 5.41) is 23.4. The van der Waals surface area contributed by atoms with Crippen LogP contribution < -0.4 is 5.32 Å². The third-order valence-corrected chi connectivity index (χ3v) is 16.6. The second kappa shape index (κ2) is 66.1. The van der Waals surface area contributed by atoms with E-state index in [0.717, 1.165) is 38.5 Å². The van der Waals surface area contributed by atoms with Gasteiger partial charge >= 0.3 is 5.97 Å². The Morgan fingerprint density at radius 1 is 0.355 bits per heavy atom. The van der Waals surface area contributed by atoms with Crippen LogP contribution in [0.3, 0.4) is 0 Å². The minimum atomic E-state index is -0.669. The standard InChI is InChI=1S/C70H137NO5/c1-3-5-7-9-11-13-15-17-19-20-21-25-28-31-35-38-42-46-50-54-58-62-68(73)67(66-72)71-69(74)63-59-55-51-47-43-39-36-32-29-26-23-22-24-27-30-33-37-41-45-49-53-57-61-65-76-70(75)64-60-56-52-48-44-40-34-18-16-14-12-10-8-6-4-2/h26,29,67-68,72-73H,3-25,27-28,30-66H2,1-2H3,(H,71,74)/b29-26-. The topological polar surface area (TPSA) is 95.9 Å². The normalized spacial score (nSPS) is 12.5. The van der Waals surface area contributed by atoms with Gasteiger partial charge in [0.15, 0.2) is 0 Å². The highest BCUT2D eigenvalue weighted by atomic mass is 16.5. The molecule has 0 radical (unpaired) electrons. The predicted molar refractivity (Wildman–Crippen MR) is 333 cm³/mol. The first-order valence-corrected chi connectivity index (χ1v) is 34.9. The summed E-state index contributed by atoms with van der Waals surface area (Å²) in [6.45, 7) is 4.99. The predicted octanol–water partition coefficient (Wildman–Crippen LogP) is 22.4. The van der Waals surface area contributed by atoms with Gasteiger partial charge in [-0.2, -0.15) is 0 Å². The molecule has 452 valence electrons. The maximum Gasteiger partial charge on any atom is 0.305 e. The van der Waals surface area contributed by atoms with Gasteiger partial charge in [0.25, 0.3) is 0 Å². The van der Waals surface area contributed by atoms with Crippen LogP contribution in [0, 0.1) is 0 Å². The highest BCUT2D eigenvalue weighted by Gasteiger charge is 2.20. The lowest BCUT2D eigenvalue weighted by molar-refractivity contribution is -0.143. The lowest BCUT2D eigenvalue weighted by Crippen LogP contribution is -2.45. The summed E-state index contributed by atoms with van der Waals surface area (Å²) in [5.41, 5.74) is 0. The van der Waals surface area contributed by atoms with Crippen LogP contribution in [0.4, 0.5) is 0 Å². The van der Waals surface area contributed by atoms with Gasteiger partial charge in [0, 0.05) is 12.8 Å². The van der Waals surface area contributed by atoms with E-state index in [4.69, 9.17) is 4.74 Å². The Morgan fingerprint density at radius 2 is 0.618 bits per heavy atom. The fourth-order valence-corrected chi connectivity index (χ4v) is 11.2. The lowest BCUT2D eigenvalue weighted by Gasteiger charge is -2.22. The summed E-state index contributed by atoms with van der Waals surface area (Å²) < 4.78 is 5.50. The minimum Gasteiger partial charge on any atom is -0.466 e. The van der Waals surface area contributed by atoms with Crippen LogP contribution in [-0.2, 0) is 14.3 Å². The summed E-state index contributed by atoms with van der Waals surface area (Å²) in [7, 11) is 0. The number of unbranched alkanes of at least 4 members (excludes halogenated alkanes) is 53. The van der Waals surface area contributed by atoms with Gasteiger partial charge in [-0.1, -0.05) is 347 Å². The second-order valence-corrected chi connectivity index (χ2v) is 24.2. The first-order chi connectivity index (χ1) is 37.5. The SMILES string of the molecule is CCCCCCCCCCCCCCCCCCCCCCCC(O)C(CO)NC(=O)CCCCCCCCC/C=C\CCCCCCCCCCCCCCOC(=O)CCCCCCCCCCCCCCCCC. The smallest absolute Gasteiger partial charge is 0.305 e. The van der Waals surface area contributed by atoms with Gasteiger partial charge < -0.3 is 20.3 Å². The molecule has 0 heterocycles. The van der Waals surface area contributed by atoms with E-state index < -0.39 is 12.1 Å². The first-order valence-electron chi connectivity index (χ1n) is 34.9. The van der Waals surface area contributed by atoms with Crippen molar-refractivity contribution in [3.8, 4) is 0 Å². The number of ether oxygens (including phenoxy) is 1. The Labute approximate surface area is 476 Å². The Bertz CT molecular complexity index is 1140. The van der Waals surface area contributed by atoms with E-state index in [2.05, 4.69) is 31.3 Å². The molecular weight excluding hydrogens is 935 g/mol. The van der Waals surface area contributed by atoms with E-state index in [0.29, 0.717) is 25.9 Å². The third-order valence-electron chi connectivity index (χ3n) is 16.6. The molecule has 6 heteroatoms. The highest BCUT2D eigenvalue weighted by molar-refractivity contribution is 5.76. The molecule has 2 unspecified atom stereocenters. The molecule has 1 amide bonds. The number of aliphatic hydroxyl groups excluding tert-OH is 2. The van der Waals surface area contributed by atoms with Gasteiger partial charge in [0.05, 0.1) is 25.4 Å². The molecule has 2 atom stereocenters. The van der Waals surface area contributed by atoms with Crippen LogP contribution in [0.15, 0.2) is 12.2 Å². The van der Waals surface area contributed by atoms with Crippen molar-refractivity contribution < 1.29 is 24.5 Å². The maximum atomic E-state index is 12.5. The summed E-state index contributed by atoms with van der Waals surface area (Å²) >= 11 is 0. The molecule has 6 nitrogen and oxygen atoms in total. The number of esters is 1. The number of carbonyl (C=O) groups excluding carboxylic acids is 2. The van der Waals surface area contributed by atoms with Crippen molar-refractivity contribution in [3.63, 3.8) is 0 Å². The van der Waals surface area contributed by atoms with E-state index in [1.165, 1.54) is 327 Å². The molecule has 76 heavy (non-hydrogen) atoms. The molecule has 0 spiro atoms.